The fourth-order valence-electron chi connectivity index (χ4n) is 2.65. The molecule has 2 aromatic carbocycles. The van der Waals surface area contributed by atoms with E-state index in [0.717, 1.165) is 0 Å². The molecule has 0 saturated heterocycles. The lowest BCUT2D eigenvalue weighted by Crippen LogP contribution is -2.41. The molecule has 128 valence electrons. The first-order valence-corrected chi connectivity index (χ1v) is 8.00. The van der Waals surface area contributed by atoms with E-state index in [2.05, 4.69) is 0 Å². The molecule has 0 amide bonds. The predicted octanol–water partition coefficient (Wildman–Crippen LogP) is 4.49. The summed E-state index contributed by atoms with van der Waals surface area (Å²) in [5.41, 5.74) is -0.602. The molecule has 3 rings (SSSR count). The number of carbonyl (C=O) groups excluding carboxylic acids is 1. The molecule has 0 saturated carbocycles. The van der Waals surface area contributed by atoms with E-state index in [9.17, 15) is 14.7 Å². The Balaban J connectivity index is 2.00. The minimum atomic E-state index is -1.20. The second-order valence-electron chi connectivity index (χ2n) is 6.11. The van der Waals surface area contributed by atoms with Crippen LogP contribution in [0.25, 0.3) is 10.9 Å². The van der Waals surface area contributed by atoms with E-state index in [1.165, 1.54) is 10.8 Å². The molecule has 0 aliphatic rings. The smallest absolute Gasteiger partial charge is 0.337 e. The number of ether oxygens (including phenoxy) is 1. The van der Waals surface area contributed by atoms with E-state index in [4.69, 9.17) is 16.3 Å². The molecule has 1 heterocycles. The van der Waals surface area contributed by atoms with Crippen LogP contribution < -0.4 is 4.74 Å². The van der Waals surface area contributed by atoms with Crippen molar-refractivity contribution in [3.8, 4) is 5.75 Å². The van der Waals surface area contributed by atoms with E-state index < -0.39 is 11.6 Å². The maximum absolute atomic E-state index is 13.0. The molecule has 0 aliphatic heterocycles. The molecule has 0 spiro atoms. The van der Waals surface area contributed by atoms with Crippen LogP contribution >= 0.6 is 11.6 Å². The van der Waals surface area contributed by atoms with Crippen molar-refractivity contribution in [2.75, 3.05) is 0 Å². The number of aromatic nitrogens is 1. The van der Waals surface area contributed by atoms with Gasteiger partial charge in [0.05, 0.1) is 11.1 Å². The van der Waals surface area contributed by atoms with Gasteiger partial charge in [0.15, 0.2) is 5.60 Å². The van der Waals surface area contributed by atoms with E-state index in [1.54, 1.807) is 62.4 Å². The van der Waals surface area contributed by atoms with Gasteiger partial charge in [0.25, 0.3) is 5.91 Å². The summed E-state index contributed by atoms with van der Waals surface area (Å²) in [6.07, 6.45) is 1.34. The van der Waals surface area contributed by atoms with Gasteiger partial charge in [-0.15, -0.1) is 0 Å². The Morgan fingerprint density at radius 1 is 1.08 bits per heavy atom. The molecular weight excluding hydrogens is 342 g/mol. The molecule has 25 heavy (non-hydrogen) atoms. The molecule has 0 unspecified atom stereocenters. The number of rotatable bonds is 4. The second kappa shape index (κ2) is 6.26. The molecule has 3 aromatic rings. The molecule has 6 heteroatoms. The average Bonchev–Trinajstić information content (AvgIpc) is 2.96. The van der Waals surface area contributed by atoms with Gasteiger partial charge < -0.3 is 9.84 Å². The Hall–Kier alpha value is -2.79. The van der Waals surface area contributed by atoms with Crippen molar-refractivity contribution in [2.24, 2.45) is 0 Å². The minimum Gasteiger partial charge on any atom is -0.478 e. The van der Waals surface area contributed by atoms with Crippen molar-refractivity contribution in [1.82, 2.24) is 4.57 Å². The van der Waals surface area contributed by atoms with Crippen LogP contribution in [0.3, 0.4) is 0 Å². The number of benzene rings is 2. The number of carboxylic acids is 1. The van der Waals surface area contributed by atoms with Crippen LogP contribution in [0.1, 0.15) is 29.0 Å². The number of carboxylic acid groups (broad SMARTS) is 1. The lowest BCUT2D eigenvalue weighted by molar-refractivity contribution is 0.0493. The van der Waals surface area contributed by atoms with Gasteiger partial charge in [0, 0.05) is 16.6 Å². The fraction of sp³-hybridized carbons (Fsp3) is 0.158. The molecule has 1 aromatic heterocycles. The molecule has 0 bridgehead atoms. The zero-order chi connectivity index (χ0) is 18.2. The van der Waals surface area contributed by atoms with Gasteiger partial charge >= 0.3 is 5.97 Å². The second-order valence-corrected chi connectivity index (χ2v) is 6.54. The number of aromatic carboxylic acids is 1. The van der Waals surface area contributed by atoms with Crippen LogP contribution in [-0.4, -0.2) is 27.2 Å². The first-order valence-electron chi connectivity index (χ1n) is 7.62. The van der Waals surface area contributed by atoms with E-state index in [1.807, 2.05) is 0 Å². The van der Waals surface area contributed by atoms with Gasteiger partial charge in [-0.05, 0) is 44.2 Å². The van der Waals surface area contributed by atoms with Crippen LogP contribution in [0.2, 0.25) is 5.02 Å². The van der Waals surface area contributed by atoms with Crippen molar-refractivity contribution >= 4 is 34.4 Å². The third-order valence-electron chi connectivity index (χ3n) is 3.86. The van der Waals surface area contributed by atoms with Crippen molar-refractivity contribution < 1.29 is 19.4 Å². The summed E-state index contributed by atoms with van der Waals surface area (Å²) >= 11 is 5.86. The quantitative estimate of drug-likeness (QED) is 0.746. The lowest BCUT2D eigenvalue weighted by Gasteiger charge is -2.25. The SMILES string of the molecule is CC(C)(Oc1ccc(Cl)cc1)C(=O)n1cc(C(=O)O)c2ccccc21. The largest absolute Gasteiger partial charge is 0.478 e. The Morgan fingerprint density at radius 2 is 1.72 bits per heavy atom. The normalized spacial score (nSPS) is 11.5. The fourth-order valence-corrected chi connectivity index (χ4v) is 2.78. The Labute approximate surface area is 149 Å². The van der Waals surface area contributed by atoms with Gasteiger partial charge in [0.2, 0.25) is 0 Å². The summed E-state index contributed by atoms with van der Waals surface area (Å²) in [6, 6.07) is 13.6. The van der Waals surface area contributed by atoms with Crippen molar-refractivity contribution in [2.45, 2.75) is 19.4 Å². The summed E-state index contributed by atoms with van der Waals surface area (Å²) in [5, 5.41) is 10.4. The third kappa shape index (κ3) is 3.23. The minimum absolute atomic E-state index is 0.0752. The number of nitrogens with zero attached hydrogens (tertiary/aromatic N) is 1. The van der Waals surface area contributed by atoms with Gasteiger partial charge in [-0.2, -0.15) is 0 Å². The zero-order valence-corrected chi connectivity index (χ0v) is 14.4. The highest BCUT2D eigenvalue weighted by molar-refractivity contribution is 6.30. The average molecular weight is 358 g/mol. The van der Waals surface area contributed by atoms with E-state index in [0.29, 0.717) is 21.7 Å². The number of carbonyl (C=O) groups is 2. The van der Waals surface area contributed by atoms with Gasteiger partial charge in [-0.3, -0.25) is 9.36 Å². The maximum Gasteiger partial charge on any atom is 0.337 e. The number of hydrogen-bond donors (Lipinski definition) is 1. The summed E-state index contributed by atoms with van der Waals surface area (Å²) in [7, 11) is 0. The highest BCUT2D eigenvalue weighted by atomic mass is 35.5. The van der Waals surface area contributed by atoms with Gasteiger partial charge in [-0.25, -0.2) is 4.79 Å². The van der Waals surface area contributed by atoms with Crippen molar-refractivity contribution in [3.05, 3.63) is 65.3 Å². The zero-order valence-electron chi connectivity index (χ0n) is 13.7. The van der Waals surface area contributed by atoms with Crippen molar-refractivity contribution in [1.29, 1.82) is 0 Å². The van der Waals surface area contributed by atoms with E-state index in [-0.39, 0.29) is 11.5 Å². The Kier molecular flexibility index (Phi) is 4.27. The molecular formula is C19H16ClNO4. The lowest BCUT2D eigenvalue weighted by atomic mass is 10.1. The monoisotopic (exact) mass is 357 g/mol. The van der Waals surface area contributed by atoms with Crippen LogP contribution in [0.15, 0.2) is 54.7 Å². The van der Waals surface area contributed by atoms with Crippen LogP contribution in [-0.2, 0) is 0 Å². The maximum atomic E-state index is 13.0. The van der Waals surface area contributed by atoms with Crippen LogP contribution in [0.5, 0.6) is 5.75 Å². The Morgan fingerprint density at radius 3 is 2.36 bits per heavy atom. The summed E-state index contributed by atoms with van der Waals surface area (Å²) in [4.78, 5) is 24.5. The summed E-state index contributed by atoms with van der Waals surface area (Å²) in [5.74, 6) is -0.956. The van der Waals surface area contributed by atoms with Crippen LogP contribution in [0.4, 0.5) is 0 Å². The molecule has 1 N–H and O–H groups in total. The van der Waals surface area contributed by atoms with Crippen molar-refractivity contribution in [3.63, 3.8) is 0 Å². The summed E-state index contributed by atoms with van der Waals surface area (Å²) < 4.78 is 7.14. The molecule has 0 atom stereocenters. The van der Waals surface area contributed by atoms with E-state index >= 15 is 0 Å². The molecule has 0 radical (unpaired) electrons. The highest BCUT2D eigenvalue weighted by Gasteiger charge is 2.33. The topological polar surface area (TPSA) is 68.5 Å². The first kappa shape index (κ1) is 17.0. The number of hydrogen-bond acceptors (Lipinski definition) is 3. The predicted molar refractivity (Wildman–Crippen MR) is 95.7 cm³/mol. The molecule has 5 nitrogen and oxygen atoms in total. The van der Waals surface area contributed by atoms with Gasteiger partial charge in [0.1, 0.15) is 5.75 Å². The van der Waals surface area contributed by atoms with Crippen LogP contribution in [0, 0.1) is 0 Å². The number of halogens is 1. The first-order chi connectivity index (χ1) is 11.8. The Bertz CT molecular complexity index is 957. The molecule has 0 fully saturated rings. The standard InChI is InChI=1S/C19H16ClNO4/c1-19(2,25-13-9-7-12(20)8-10-13)18(24)21-11-15(17(22)23)14-5-3-4-6-16(14)21/h3-11H,1-2H3,(H,22,23). The summed E-state index contributed by atoms with van der Waals surface area (Å²) in [6.45, 7) is 3.28. The molecule has 0 aliphatic carbocycles. The third-order valence-corrected chi connectivity index (χ3v) is 4.11. The highest BCUT2D eigenvalue weighted by Crippen LogP contribution is 2.26. The number of fused-ring (bicyclic) bond motifs is 1. The number of para-hydroxylation sites is 1. The van der Waals surface area contributed by atoms with Gasteiger partial charge in [-0.1, -0.05) is 29.8 Å².